The minimum Gasteiger partial charge on any atom is -0.388 e. The minimum atomic E-state index is -1.46. The van der Waals surface area contributed by atoms with E-state index in [1.807, 2.05) is 13.8 Å². The third-order valence-electron chi connectivity index (χ3n) is 8.47. The number of allylic oxidation sites excluding steroid dienone is 4. The van der Waals surface area contributed by atoms with Crippen LogP contribution in [0.3, 0.4) is 0 Å². The minimum absolute atomic E-state index is 0.0386. The van der Waals surface area contributed by atoms with Gasteiger partial charge < -0.3 is 10.2 Å². The Morgan fingerprint density at radius 3 is 2.73 bits per heavy atom. The molecular formula is C22H30O4. The van der Waals surface area contributed by atoms with Crippen LogP contribution in [0.15, 0.2) is 23.3 Å². The number of fused-ring (bicyclic) bond motifs is 5. The van der Waals surface area contributed by atoms with Crippen molar-refractivity contribution in [1.29, 1.82) is 0 Å². The van der Waals surface area contributed by atoms with E-state index in [4.69, 9.17) is 0 Å². The summed E-state index contributed by atoms with van der Waals surface area (Å²) in [5, 5.41) is 20.9. The molecule has 0 aromatic heterocycles. The van der Waals surface area contributed by atoms with Crippen LogP contribution in [0.4, 0.5) is 0 Å². The van der Waals surface area contributed by atoms with Crippen molar-refractivity contribution in [3.8, 4) is 0 Å². The second-order valence-corrected chi connectivity index (χ2v) is 9.49. The van der Waals surface area contributed by atoms with Crippen molar-refractivity contribution in [2.24, 2.45) is 28.6 Å². The molecule has 0 radical (unpaired) electrons. The maximum absolute atomic E-state index is 12.5. The highest BCUT2D eigenvalue weighted by molar-refractivity contribution is 5.90. The maximum Gasteiger partial charge on any atom is 0.190 e. The van der Waals surface area contributed by atoms with Crippen LogP contribution in [0.1, 0.15) is 59.3 Å². The normalized spacial score (nSPS) is 47.4. The third kappa shape index (κ3) is 2.03. The topological polar surface area (TPSA) is 74.6 Å². The molecule has 0 aliphatic heterocycles. The maximum atomic E-state index is 12.5. The summed E-state index contributed by atoms with van der Waals surface area (Å²) in [5.41, 5.74) is 0.669. The fourth-order valence-corrected chi connectivity index (χ4v) is 6.84. The average molecular weight is 358 g/mol. The summed E-state index contributed by atoms with van der Waals surface area (Å²) < 4.78 is 0. The van der Waals surface area contributed by atoms with E-state index in [1.54, 1.807) is 0 Å². The SMILES string of the molecule is C[C@H]1CC2C3CC=C4CC(=O)CC[C@]4(C)C3=CC[C@]2(C)[C@@]1(O)C(=O)CO. The summed E-state index contributed by atoms with van der Waals surface area (Å²) in [6.45, 7) is 5.65. The molecule has 4 aliphatic carbocycles. The zero-order valence-corrected chi connectivity index (χ0v) is 16.0. The highest BCUT2D eigenvalue weighted by Crippen LogP contribution is 2.66. The first kappa shape index (κ1) is 18.1. The molecule has 4 aliphatic rings. The van der Waals surface area contributed by atoms with Crippen molar-refractivity contribution < 1.29 is 19.8 Å². The van der Waals surface area contributed by atoms with E-state index in [0.29, 0.717) is 31.0 Å². The lowest BCUT2D eigenvalue weighted by Crippen LogP contribution is -2.57. The van der Waals surface area contributed by atoms with E-state index >= 15 is 0 Å². The number of aliphatic hydroxyl groups excluding tert-OH is 1. The molecule has 26 heavy (non-hydrogen) atoms. The van der Waals surface area contributed by atoms with Gasteiger partial charge in [0.2, 0.25) is 0 Å². The van der Waals surface area contributed by atoms with Gasteiger partial charge in [-0.05, 0) is 43.4 Å². The van der Waals surface area contributed by atoms with Gasteiger partial charge in [0.1, 0.15) is 18.0 Å². The molecule has 6 atom stereocenters. The Morgan fingerprint density at radius 1 is 1.31 bits per heavy atom. The zero-order valence-electron chi connectivity index (χ0n) is 16.0. The molecule has 0 aromatic carbocycles. The molecule has 4 nitrogen and oxygen atoms in total. The van der Waals surface area contributed by atoms with Crippen LogP contribution < -0.4 is 0 Å². The number of hydrogen-bond acceptors (Lipinski definition) is 4. The Bertz CT molecular complexity index is 734. The van der Waals surface area contributed by atoms with Crippen LogP contribution in [-0.2, 0) is 9.59 Å². The van der Waals surface area contributed by atoms with Gasteiger partial charge in [-0.1, -0.05) is 44.1 Å². The molecule has 4 rings (SSSR count). The van der Waals surface area contributed by atoms with Gasteiger partial charge in [-0.25, -0.2) is 0 Å². The predicted molar refractivity (Wildman–Crippen MR) is 98.3 cm³/mol. The summed E-state index contributed by atoms with van der Waals surface area (Å²) >= 11 is 0. The van der Waals surface area contributed by atoms with Gasteiger partial charge in [-0.3, -0.25) is 9.59 Å². The number of carbonyl (C=O) groups is 2. The second-order valence-electron chi connectivity index (χ2n) is 9.49. The number of hydrogen-bond donors (Lipinski definition) is 2. The van der Waals surface area contributed by atoms with E-state index < -0.39 is 23.4 Å². The largest absolute Gasteiger partial charge is 0.388 e. The summed E-state index contributed by atoms with van der Waals surface area (Å²) in [6.07, 6.45) is 8.97. The van der Waals surface area contributed by atoms with Gasteiger partial charge in [0.25, 0.3) is 0 Å². The average Bonchev–Trinajstić information content (AvgIpc) is 2.83. The highest BCUT2D eigenvalue weighted by Gasteiger charge is 2.66. The number of Topliss-reactive ketones (excluding diaryl/α,β-unsaturated/α-hetero) is 2. The molecule has 0 aromatic rings. The van der Waals surface area contributed by atoms with Gasteiger partial charge in [0, 0.05) is 23.7 Å². The summed E-state index contributed by atoms with van der Waals surface area (Å²) in [4.78, 5) is 24.5. The first-order valence-electron chi connectivity index (χ1n) is 9.96. The molecule has 2 saturated carbocycles. The molecule has 0 heterocycles. The van der Waals surface area contributed by atoms with E-state index in [1.165, 1.54) is 11.1 Å². The first-order valence-corrected chi connectivity index (χ1v) is 9.96. The van der Waals surface area contributed by atoms with Crippen molar-refractivity contribution >= 4 is 11.6 Å². The van der Waals surface area contributed by atoms with Gasteiger partial charge in [0.15, 0.2) is 5.78 Å². The Hall–Kier alpha value is -1.26. The first-order chi connectivity index (χ1) is 12.2. The van der Waals surface area contributed by atoms with Crippen LogP contribution in [0.25, 0.3) is 0 Å². The summed E-state index contributed by atoms with van der Waals surface area (Å²) in [6, 6.07) is 0. The molecule has 0 bridgehead atoms. The molecule has 0 saturated heterocycles. The quantitative estimate of drug-likeness (QED) is 0.744. The Morgan fingerprint density at radius 2 is 2.04 bits per heavy atom. The van der Waals surface area contributed by atoms with Crippen molar-refractivity contribution in [3.05, 3.63) is 23.3 Å². The fraction of sp³-hybridized carbons (Fsp3) is 0.727. The summed E-state index contributed by atoms with van der Waals surface area (Å²) in [7, 11) is 0. The number of aliphatic hydroxyl groups is 2. The van der Waals surface area contributed by atoms with Gasteiger partial charge in [-0.2, -0.15) is 0 Å². The summed E-state index contributed by atoms with van der Waals surface area (Å²) in [5.74, 6) is 0.291. The van der Waals surface area contributed by atoms with E-state index in [9.17, 15) is 19.8 Å². The Balaban J connectivity index is 1.77. The predicted octanol–water partition coefficient (Wildman–Crippen LogP) is 2.98. The van der Waals surface area contributed by atoms with Gasteiger partial charge in [-0.15, -0.1) is 0 Å². The molecule has 142 valence electrons. The lowest BCUT2D eigenvalue weighted by Gasteiger charge is -2.54. The van der Waals surface area contributed by atoms with Crippen molar-refractivity contribution in [3.63, 3.8) is 0 Å². The van der Waals surface area contributed by atoms with Crippen molar-refractivity contribution in [2.75, 3.05) is 6.61 Å². The number of ketones is 2. The van der Waals surface area contributed by atoms with Gasteiger partial charge >= 0.3 is 0 Å². The molecule has 2 N–H and O–H groups in total. The molecule has 2 unspecified atom stereocenters. The van der Waals surface area contributed by atoms with Crippen LogP contribution in [0.5, 0.6) is 0 Å². The molecule has 4 heteroatoms. The van der Waals surface area contributed by atoms with Crippen LogP contribution in [-0.4, -0.2) is 34.0 Å². The zero-order chi connectivity index (χ0) is 18.9. The molecule has 2 fully saturated rings. The monoisotopic (exact) mass is 358 g/mol. The standard InChI is InChI=1S/C22H30O4/c1-13-10-18-16-5-4-14-11-15(24)6-8-20(14,2)17(16)7-9-21(18,3)22(13,26)19(25)12-23/h4,7,13,16,18,23,26H,5-6,8-12H2,1-3H3/t13-,16?,18?,20-,21-,22-/m0/s1. The molecular weight excluding hydrogens is 328 g/mol. The van der Waals surface area contributed by atoms with Crippen molar-refractivity contribution in [1.82, 2.24) is 0 Å². The lowest BCUT2D eigenvalue weighted by molar-refractivity contribution is -0.161. The van der Waals surface area contributed by atoms with E-state index in [-0.39, 0.29) is 17.3 Å². The van der Waals surface area contributed by atoms with Gasteiger partial charge in [0.05, 0.1) is 0 Å². The number of carbonyl (C=O) groups excluding carboxylic acids is 2. The molecule has 0 amide bonds. The Labute approximate surface area is 155 Å². The Kier molecular flexibility index (Phi) is 3.92. The lowest BCUT2D eigenvalue weighted by atomic mass is 9.51. The fourth-order valence-electron chi connectivity index (χ4n) is 6.84. The van der Waals surface area contributed by atoms with E-state index in [2.05, 4.69) is 19.1 Å². The third-order valence-corrected chi connectivity index (χ3v) is 8.47. The van der Waals surface area contributed by atoms with Crippen LogP contribution in [0.2, 0.25) is 0 Å². The van der Waals surface area contributed by atoms with Crippen LogP contribution >= 0.6 is 0 Å². The number of rotatable bonds is 2. The molecule has 0 spiro atoms. The second kappa shape index (κ2) is 5.62. The van der Waals surface area contributed by atoms with E-state index in [0.717, 1.165) is 19.3 Å². The van der Waals surface area contributed by atoms with Crippen molar-refractivity contribution in [2.45, 2.75) is 64.9 Å². The smallest absolute Gasteiger partial charge is 0.190 e. The highest BCUT2D eigenvalue weighted by atomic mass is 16.3. The van der Waals surface area contributed by atoms with Crippen LogP contribution in [0, 0.1) is 28.6 Å².